The van der Waals surface area contributed by atoms with Gasteiger partial charge in [0, 0.05) is 33.9 Å². The lowest BCUT2D eigenvalue weighted by Gasteiger charge is -2.35. The molecular weight excluding hydrogens is 739 g/mol. The Hall–Kier alpha value is -7.94. The summed E-state index contributed by atoms with van der Waals surface area (Å²) in [7, 11) is 0. The molecule has 0 atom stereocenters. The summed E-state index contributed by atoms with van der Waals surface area (Å²) in [5.74, 6) is 0. The van der Waals surface area contributed by atoms with E-state index < -0.39 is 5.41 Å². The number of anilines is 3. The van der Waals surface area contributed by atoms with Gasteiger partial charge in [0.2, 0.25) is 0 Å². The molecule has 0 bridgehead atoms. The van der Waals surface area contributed by atoms with Crippen molar-refractivity contribution in [2.45, 2.75) is 5.41 Å². The van der Waals surface area contributed by atoms with Crippen molar-refractivity contribution in [1.29, 1.82) is 0 Å². The van der Waals surface area contributed by atoms with Gasteiger partial charge in [0.05, 0.1) is 5.41 Å². The van der Waals surface area contributed by atoms with Gasteiger partial charge in [-0.25, -0.2) is 0 Å². The zero-order valence-corrected chi connectivity index (χ0v) is 33.4. The number of rotatable bonds is 7. The maximum Gasteiger partial charge on any atom is 0.137 e. The van der Waals surface area contributed by atoms with Crippen molar-refractivity contribution in [3.8, 4) is 33.4 Å². The van der Waals surface area contributed by atoms with E-state index >= 15 is 0 Å². The first-order valence-electron chi connectivity index (χ1n) is 21.0. The fraction of sp³-hybridized carbons (Fsp3) is 0.0169. The lowest BCUT2D eigenvalue weighted by Crippen LogP contribution is -2.28. The molecule has 10 aromatic carbocycles. The number of hydrogen-bond donors (Lipinski definition) is 0. The van der Waals surface area contributed by atoms with Crippen LogP contribution in [0.4, 0.5) is 17.1 Å². The molecule has 286 valence electrons. The highest BCUT2D eigenvalue weighted by molar-refractivity contribution is 6.06. The summed E-state index contributed by atoms with van der Waals surface area (Å²) in [5, 5.41) is 4.73. The summed E-state index contributed by atoms with van der Waals surface area (Å²) < 4.78 is 6.50. The molecule has 61 heavy (non-hydrogen) atoms. The van der Waals surface area contributed by atoms with E-state index in [-0.39, 0.29) is 0 Å². The van der Waals surface area contributed by atoms with Gasteiger partial charge < -0.3 is 9.32 Å². The number of furan rings is 1. The summed E-state index contributed by atoms with van der Waals surface area (Å²) >= 11 is 0. The molecule has 1 heterocycles. The van der Waals surface area contributed by atoms with Gasteiger partial charge in [0.15, 0.2) is 0 Å². The molecule has 0 fully saturated rings. The van der Waals surface area contributed by atoms with Crippen LogP contribution in [0.1, 0.15) is 22.3 Å². The van der Waals surface area contributed by atoms with Crippen molar-refractivity contribution in [2.75, 3.05) is 4.90 Å². The molecule has 2 heteroatoms. The molecule has 0 saturated heterocycles. The average molecular weight is 778 g/mol. The minimum atomic E-state index is -0.515. The first-order valence-corrected chi connectivity index (χ1v) is 21.0. The Bertz CT molecular complexity index is 3380. The molecule has 0 radical (unpaired) electrons. The minimum absolute atomic E-state index is 0.515. The molecular formula is C59H39NO. The second-order valence-electron chi connectivity index (χ2n) is 16.1. The van der Waals surface area contributed by atoms with Crippen molar-refractivity contribution in [2.24, 2.45) is 0 Å². The van der Waals surface area contributed by atoms with Crippen LogP contribution in [0.5, 0.6) is 0 Å². The zero-order chi connectivity index (χ0) is 40.3. The van der Waals surface area contributed by atoms with Gasteiger partial charge in [-0.3, -0.25) is 0 Å². The lowest BCUT2D eigenvalue weighted by atomic mass is 9.67. The highest BCUT2D eigenvalue weighted by Gasteiger charge is 2.46. The highest BCUT2D eigenvalue weighted by atomic mass is 16.3. The van der Waals surface area contributed by atoms with Crippen molar-refractivity contribution in [3.63, 3.8) is 0 Å². The maximum absolute atomic E-state index is 6.50. The molecule has 0 N–H and O–H groups in total. The third-order valence-corrected chi connectivity index (χ3v) is 12.7. The molecule has 0 unspecified atom stereocenters. The van der Waals surface area contributed by atoms with Gasteiger partial charge in [-0.1, -0.05) is 176 Å². The van der Waals surface area contributed by atoms with Gasteiger partial charge in [0.25, 0.3) is 0 Å². The molecule has 1 aliphatic carbocycles. The van der Waals surface area contributed by atoms with E-state index in [4.69, 9.17) is 4.42 Å². The van der Waals surface area contributed by atoms with Gasteiger partial charge in [-0.2, -0.15) is 0 Å². The van der Waals surface area contributed by atoms with Crippen LogP contribution in [-0.4, -0.2) is 0 Å². The topological polar surface area (TPSA) is 16.4 Å². The van der Waals surface area contributed by atoms with E-state index in [9.17, 15) is 0 Å². The monoisotopic (exact) mass is 777 g/mol. The number of benzene rings is 10. The minimum Gasteiger partial charge on any atom is -0.456 e. The Morgan fingerprint density at radius 3 is 1.69 bits per heavy atom. The van der Waals surface area contributed by atoms with Crippen LogP contribution >= 0.6 is 0 Å². The molecule has 11 aromatic rings. The van der Waals surface area contributed by atoms with Gasteiger partial charge >= 0.3 is 0 Å². The Morgan fingerprint density at radius 2 is 0.885 bits per heavy atom. The van der Waals surface area contributed by atoms with Crippen molar-refractivity contribution >= 4 is 49.8 Å². The standard InChI is InChI=1S/C59H39NO/c1-3-18-46(19-4-1)59(47-20-5-2-6-21-47)55-24-11-9-22-51(55)52-34-32-49(38-56(52)59)60(50-33-35-54-53-23-10-12-25-57(53)61-58(54)39-50)48-30-28-41(29-31-48)43-16-13-17-44(36-43)45-27-26-40-14-7-8-15-42(40)37-45/h1-39H. The Kier molecular flexibility index (Phi) is 8.11. The molecule has 1 aliphatic rings. The molecule has 12 rings (SSSR count). The first kappa shape index (κ1) is 35.0. The van der Waals surface area contributed by atoms with E-state index in [2.05, 4.69) is 229 Å². The molecule has 0 spiro atoms. The zero-order valence-electron chi connectivity index (χ0n) is 33.4. The van der Waals surface area contributed by atoms with E-state index in [1.807, 2.05) is 12.1 Å². The van der Waals surface area contributed by atoms with Crippen LogP contribution in [0, 0.1) is 0 Å². The van der Waals surface area contributed by atoms with Crippen LogP contribution in [0.2, 0.25) is 0 Å². The van der Waals surface area contributed by atoms with Crippen molar-refractivity contribution in [3.05, 3.63) is 259 Å². The smallest absolute Gasteiger partial charge is 0.137 e. The Labute approximate surface area is 355 Å². The number of nitrogens with zero attached hydrogens (tertiary/aromatic N) is 1. The number of fused-ring (bicyclic) bond motifs is 7. The van der Waals surface area contributed by atoms with Crippen molar-refractivity contribution in [1.82, 2.24) is 0 Å². The lowest BCUT2D eigenvalue weighted by molar-refractivity contribution is 0.669. The largest absolute Gasteiger partial charge is 0.456 e. The second kappa shape index (κ2) is 14.1. The second-order valence-corrected chi connectivity index (χ2v) is 16.1. The maximum atomic E-state index is 6.50. The predicted molar refractivity (Wildman–Crippen MR) is 254 cm³/mol. The quantitative estimate of drug-likeness (QED) is 0.160. The van der Waals surface area contributed by atoms with Crippen LogP contribution in [0.15, 0.2) is 241 Å². The predicted octanol–water partition coefficient (Wildman–Crippen LogP) is 15.9. The Balaban J connectivity index is 1.03. The number of para-hydroxylation sites is 1. The van der Waals surface area contributed by atoms with Gasteiger partial charge in [0.1, 0.15) is 11.2 Å². The van der Waals surface area contributed by atoms with E-state index in [1.165, 1.54) is 60.8 Å². The first-order chi connectivity index (χ1) is 30.2. The molecule has 1 aromatic heterocycles. The number of hydrogen-bond acceptors (Lipinski definition) is 2. The fourth-order valence-corrected chi connectivity index (χ4v) is 9.92. The normalized spacial score (nSPS) is 12.7. The molecule has 0 aliphatic heterocycles. The average Bonchev–Trinajstić information content (AvgIpc) is 3.85. The van der Waals surface area contributed by atoms with Crippen LogP contribution in [0.25, 0.3) is 66.1 Å². The molecule has 2 nitrogen and oxygen atoms in total. The van der Waals surface area contributed by atoms with Gasteiger partial charge in [-0.15, -0.1) is 0 Å². The fourth-order valence-electron chi connectivity index (χ4n) is 9.92. The van der Waals surface area contributed by atoms with E-state index in [1.54, 1.807) is 0 Å². The summed E-state index contributed by atoms with van der Waals surface area (Å²) in [6.45, 7) is 0. The Morgan fingerprint density at radius 1 is 0.311 bits per heavy atom. The van der Waals surface area contributed by atoms with Crippen LogP contribution in [-0.2, 0) is 5.41 Å². The van der Waals surface area contributed by atoms with Crippen molar-refractivity contribution < 1.29 is 4.42 Å². The SMILES string of the molecule is c1ccc(C2(c3ccccc3)c3ccccc3-c3ccc(N(c4ccc(-c5cccc(-c6ccc7ccccc7c6)c5)cc4)c4ccc5c(c4)oc4ccccc45)cc32)cc1. The highest BCUT2D eigenvalue weighted by Crippen LogP contribution is 2.57. The summed E-state index contributed by atoms with van der Waals surface area (Å²) in [5.41, 5.74) is 16.7. The van der Waals surface area contributed by atoms with Gasteiger partial charge in [-0.05, 0) is 121 Å². The van der Waals surface area contributed by atoms with Crippen LogP contribution < -0.4 is 4.90 Å². The van der Waals surface area contributed by atoms with E-state index in [0.29, 0.717) is 0 Å². The van der Waals surface area contributed by atoms with E-state index in [0.717, 1.165) is 44.6 Å². The summed E-state index contributed by atoms with van der Waals surface area (Å²) in [6, 6.07) is 86.1. The summed E-state index contributed by atoms with van der Waals surface area (Å²) in [4.78, 5) is 2.38. The molecule has 0 amide bonds. The third kappa shape index (κ3) is 5.64. The summed E-state index contributed by atoms with van der Waals surface area (Å²) in [6.07, 6.45) is 0. The van der Waals surface area contributed by atoms with Crippen LogP contribution in [0.3, 0.4) is 0 Å². The molecule has 0 saturated carbocycles. The third-order valence-electron chi connectivity index (χ3n) is 12.7.